The average Bonchev–Trinajstić information content (AvgIpc) is 2.69. The highest BCUT2D eigenvalue weighted by Crippen LogP contribution is 2.32. The van der Waals surface area contributed by atoms with Crippen LogP contribution in [-0.2, 0) is 0 Å². The lowest BCUT2D eigenvalue weighted by Crippen LogP contribution is -2.10. The predicted octanol–water partition coefficient (Wildman–Crippen LogP) is 1.07. The predicted molar refractivity (Wildman–Crippen MR) is 55.2 cm³/mol. The summed E-state index contributed by atoms with van der Waals surface area (Å²) in [5, 5.41) is 14.7. The number of fused-ring (bicyclic) bond motifs is 1. The fourth-order valence-electron chi connectivity index (χ4n) is 1.35. The van der Waals surface area contributed by atoms with Gasteiger partial charge in [-0.05, 0) is 11.2 Å². The molecule has 2 rings (SSSR count). The van der Waals surface area contributed by atoms with E-state index in [4.69, 9.17) is 15.0 Å². The fraction of sp³-hybridized carbons (Fsp3) is 0.222. The van der Waals surface area contributed by atoms with Gasteiger partial charge in [0.15, 0.2) is 11.0 Å². The van der Waals surface area contributed by atoms with Crippen LogP contribution >= 0.6 is 0 Å². The van der Waals surface area contributed by atoms with Gasteiger partial charge in [0, 0.05) is 12.6 Å². The summed E-state index contributed by atoms with van der Waals surface area (Å²) in [4.78, 5) is 10.3. The van der Waals surface area contributed by atoms with Crippen molar-refractivity contribution in [2.75, 3.05) is 13.2 Å². The van der Waals surface area contributed by atoms with Crippen LogP contribution < -0.4 is 10.5 Å². The van der Waals surface area contributed by atoms with E-state index in [1.807, 2.05) is 0 Å². The normalized spacial score (nSPS) is 10.6. The molecule has 0 aliphatic carbocycles. The molecule has 0 atom stereocenters. The van der Waals surface area contributed by atoms with Gasteiger partial charge in [-0.1, -0.05) is 6.07 Å². The largest absolute Gasteiger partial charge is 0.474 e. The minimum atomic E-state index is -0.505. The van der Waals surface area contributed by atoms with Crippen molar-refractivity contribution in [2.45, 2.75) is 0 Å². The Balaban J connectivity index is 2.54. The molecular formula is C9H9N3O4. The van der Waals surface area contributed by atoms with Crippen LogP contribution in [0.1, 0.15) is 0 Å². The summed E-state index contributed by atoms with van der Waals surface area (Å²) in [6.07, 6.45) is 0. The number of ether oxygens (including phenoxy) is 1. The van der Waals surface area contributed by atoms with Crippen molar-refractivity contribution in [3.63, 3.8) is 0 Å². The number of benzene rings is 1. The minimum absolute atomic E-state index is 0.0919. The molecule has 0 amide bonds. The Bertz CT molecular complexity index is 522. The fourth-order valence-corrected chi connectivity index (χ4v) is 1.35. The first-order valence-corrected chi connectivity index (χ1v) is 4.59. The van der Waals surface area contributed by atoms with Crippen molar-refractivity contribution in [1.29, 1.82) is 0 Å². The van der Waals surface area contributed by atoms with Crippen molar-refractivity contribution in [2.24, 2.45) is 5.73 Å². The maximum Gasteiger partial charge on any atom is 0.286 e. The molecule has 7 heteroatoms. The lowest BCUT2D eigenvalue weighted by molar-refractivity contribution is -0.383. The van der Waals surface area contributed by atoms with Gasteiger partial charge in [0.05, 0.1) is 4.92 Å². The number of rotatable bonds is 4. The molecule has 0 saturated heterocycles. The third-order valence-electron chi connectivity index (χ3n) is 2.00. The van der Waals surface area contributed by atoms with Crippen molar-refractivity contribution in [1.82, 2.24) is 5.16 Å². The first-order chi connectivity index (χ1) is 7.74. The molecule has 0 fully saturated rings. The van der Waals surface area contributed by atoms with Gasteiger partial charge in [0.1, 0.15) is 6.61 Å². The van der Waals surface area contributed by atoms with Crippen LogP contribution in [0.25, 0.3) is 11.0 Å². The number of nitro benzene ring substituents is 1. The number of hydrogen-bond donors (Lipinski definition) is 1. The van der Waals surface area contributed by atoms with Crippen molar-refractivity contribution < 1.29 is 14.2 Å². The van der Waals surface area contributed by atoms with Gasteiger partial charge >= 0.3 is 0 Å². The minimum Gasteiger partial charge on any atom is -0.474 e. The first kappa shape index (κ1) is 10.4. The third kappa shape index (κ3) is 1.68. The number of hydrogen-bond acceptors (Lipinski definition) is 6. The molecule has 0 spiro atoms. The summed E-state index contributed by atoms with van der Waals surface area (Å²) in [6.45, 7) is 0.530. The van der Waals surface area contributed by atoms with E-state index in [9.17, 15) is 10.1 Å². The van der Waals surface area contributed by atoms with Gasteiger partial charge in [-0.3, -0.25) is 10.1 Å². The molecule has 16 heavy (non-hydrogen) atoms. The average molecular weight is 223 g/mol. The topological polar surface area (TPSA) is 104 Å². The Morgan fingerprint density at radius 2 is 2.38 bits per heavy atom. The molecular weight excluding hydrogens is 214 g/mol. The number of nitrogens with zero attached hydrogens (tertiary/aromatic N) is 2. The summed E-state index contributed by atoms with van der Waals surface area (Å²) in [5.41, 5.74) is 5.50. The van der Waals surface area contributed by atoms with E-state index in [2.05, 4.69) is 5.16 Å². The third-order valence-corrected chi connectivity index (χ3v) is 2.00. The molecule has 7 nitrogen and oxygen atoms in total. The van der Waals surface area contributed by atoms with Gasteiger partial charge in [0.25, 0.3) is 11.6 Å². The zero-order valence-corrected chi connectivity index (χ0v) is 8.25. The summed E-state index contributed by atoms with van der Waals surface area (Å²) in [7, 11) is 0. The van der Waals surface area contributed by atoms with Gasteiger partial charge < -0.3 is 15.0 Å². The summed E-state index contributed by atoms with van der Waals surface area (Å²) < 4.78 is 10.1. The highest BCUT2D eigenvalue weighted by molar-refractivity contribution is 5.91. The molecule has 1 aromatic carbocycles. The van der Waals surface area contributed by atoms with Crippen LogP contribution in [0.15, 0.2) is 22.7 Å². The molecule has 84 valence electrons. The Morgan fingerprint density at radius 1 is 1.56 bits per heavy atom. The summed E-state index contributed by atoms with van der Waals surface area (Å²) in [5.74, 6) is 0.104. The second-order valence-corrected chi connectivity index (χ2v) is 3.03. The molecule has 0 radical (unpaired) electrons. The Morgan fingerprint density at radius 3 is 3.06 bits per heavy atom. The second-order valence-electron chi connectivity index (χ2n) is 3.03. The zero-order valence-electron chi connectivity index (χ0n) is 8.25. The number of non-ortho nitro benzene ring substituents is 1. The van der Waals surface area contributed by atoms with E-state index in [-0.39, 0.29) is 23.6 Å². The van der Waals surface area contributed by atoms with Crippen molar-refractivity contribution >= 4 is 16.7 Å². The van der Waals surface area contributed by atoms with E-state index < -0.39 is 4.92 Å². The van der Waals surface area contributed by atoms with Crippen LogP contribution in [0.2, 0.25) is 0 Å². The number of aromatic nitrogens is 1. The van der Waals surface area contributed by atoms with Crippen LogP contribution in [0.4, 0.5) is 5.69 Å². The van der Waals surface area contributed by atoms with Crippen LogP contribution in [0.5, 0.6) is 5.88 Å². The maximum absolute atomic E-state index is 10.8. The van der Waals surface area contributed by atoms with E-state index in [1.54, 1.807) is 6.07 Å². The highest BCUT2D eigenvalue weighted by Gasteiger charge is 2.20. The monoisotopic (exact) mass is 223 g/mol. The quantitative estimate of drug-likeness (QED) is 0.614. The lowest BCUT2D eigenvalue weighted by atomic mass is 10.2. The number of nitrogens with two attached hydrogens (primary N) is 1. The lowest BCUT2D eigenvalue weighted by Gasteiger charge is -1.99. The molecule has 0 aliphatic rings. The van der Waals surface area contributed by atoms with Crippen LogP contribution in [0, 0.1) is 10.1 Å². The van der Waals surface area contributed by atoms with E-state index in [1.165, 1.54) is 12.1 Å². The van der Waals surface area contributed by atoms with Crippen molar-refractivity contribution in [3.05, 3.63) is 28.3 Å². The summed E-state index contributed by atoms with van der Waals surface area (Å²) >= 11 is 0. The highest BCUT2D eigenvalue weighted by atomic mass is 16.6. The molecule has 0 saturated carbocycles. The van der Waals surface area contributed by atoms with E-state index in [0.29, 0.717) is 12.1 Å². The zero-order chi connectivity index (χ0) is 11.5. The van der Waals surface area contributed by atoms with Crippen molar-refractivity contribution in [3.8, 4) is 5.88 Å². The molecule has 0 unspecified atom stereocenters. The molecule has 0 bridgehead atoms. The molecule has 1 heterocycles. The van der Waals surface area contributed by atoms with E-state index in [0.717, 1.165) is 0 Å². The summed E-state index contributed by atoms with van der Waals surface area (Å²) in [6, 6.07) is 4.48. The van der Waals surface area contributed by atoms with Gasteiger partial charge in [-0.15, -0.1) is 0 Å². The SMILES string of the molecule is NCCOc1noc2cccc([N+](=O)[O-])c12. The second kappa shape index (κ2) is 4.15. The standard InChI is InChI=1S/C9H9N3O4/c10-4-5-15-9-8-6(12(13)14)2-1-3-7(8)16-11-9/h1-3H,4-5,10H2. The number of nitro groups is 1. The van der Waals surface area contributed by atoms with Crippen LogP contribution in [-0.4, -0.2) is 23.2 Å². The van der Waals surface area contributed by atoms with Gasteiger partial charge in [-0.25, -0.2) is 0 Å². The molecule has 2 N–H and O–H groups in total. The Kier molecular flexibility index (Phi) is 2.69. The Hall–Kier alpha value is -2.15. The molecule has 1 aromatic heterocycles. The van der Waals surface area contributed by atoms with E-state index >= 15 is 0 Å². The molecule has 2 aromatic rings. The first-order valence-electron chi connectivity index (χ1n) is 4.59. The van der Waals surface area contributed by atoms with Gasteiger partial charge in [-0.2, -0.15) is 0 Å². The van der Waals surface area contributed by atoms with Gasteiger partial charge in [0.2, 0.25) is 0 Å². The van der Waals surface area contributed by atoms with Crippen LogP contribution in [0.3, 0.4) is 0 Å². The maximum atomic E-state index is 10.8. The Labute approximate surface area is 89.9 Å². The smallest absolute Gasteiger partial charge is 0.286 e. The molecule has 0 aliphatic heterocycles.